The van der Waals surface area contributed by atoms with Gasteiger partial charge in [-0.3, -0.25) is 4.79 Å². The third-order valence-electron chi connectivity index (χ3n) is 11.9. The van der Waals surface area contributed by atoms with Gasteiger partial charge in [-0.1, -0.05) is 97.6 Å². The molecule has 4 aliphatic rings. The van der Waals surface area contributed by atoms with Crippen molar-refractivity contribution < 1.29 is 9.53 Å². The van der Waals surface area contributed by atoms with Crippen LogP contribution in [0.5, 0.6) is 0 Å². The highest BCUT2D eigenvalue weighted by Gasteiger charge is 2.59. The zero-order chi connectivity index (χ0) is 25.8. The van der Waals surface area contributed by atoms with Crippen molar-refractivity contribution in [1.29, 1.82) is 0 Å². The van der Waals surface area contributed by atoms with Gasteiger partial charge in [-0.25, -0.2) is 0 Å². The largest absolute Gasteiger partial charge is 0.462 e. The van der Waals surface area contributed by atoms with Crippen LogP contribution in [0, 0.1) is 40.4 Å². The topological polar surface area (TPSA) is 26.3 Å². The minimum Gasteiger partial charge on any atom is -0.462 e. The molecule has 0 aromatic rings. The highest BCUT2D eigenvalue weighted by molar-refractivity contribution is 5.69. The Morgan fingerprint density at radius 2 is 1.69 bits per heavy atom. The standard InChI is InChI=1S/C34H58O2/c1-6-8-10-12-14-25(3)29-18-19-30-28-17-16-26-24-27(36-32(35)15-13-11-9-7-2)20-22-33(26,4)31(28)21-23-34(29,30)5/h16,25,27-31H,6-15,17-24H2,1-5H3. The smallest absolute Gasteiger partial charge is 0.306 e. The molecular formula is C34H58O2. The van der Waals surface area contributed by atoms with Crippen molar-refractivity contribution in [2.45, 2.75) is 156 Å². The molecule has 8 atom stereocenters. The summed E-state index contributed by atoms with van der Waals surface area (Å²) in [5.74, 6) is 4.53. The molecule has 0 aliphatic heterocycles. The van der Waals surface area contributed by atoms with Crippen molar-refractivity contribution in [2.24, 2.45) is 40.4 Å². The van der Waals surface area contributed by atoms with Crippen LogP contribution in [-0.4, -0.2) is 12.1 Å². The second-order valence-electron chi connectivity index (χ2n) is 14.0. The van der Waals surface area contributed by atoms with Gasteiger partial charge in [-0.05, 0) is 91.8 Å². The molecule has 0 spiro atoms. The predicted octanol–water partition coefficient (Wildman–Crippen LogP) is 10.1. The molecule has 2 heteroatoms. The molecule has 2 nitrogen and oxygen atoms in total. The zero-order valence-corrected chi connectivity index (χ0v) is 24.6. The normalized spacial score (nSPS) is 38.5. The predicted molar refractivity (Wildman–Crippen MR) is 152 cm³/mol. The van der Waals surface area contributed by atoms with E-state index in [4.69, 9.17) is 4.74 Å². The Kier molecular flexibility index (Phi) is 9.70. The van der Waals surface area contributed by atoms with Crippen LogP contribution in [-0.2, 0) is 9.53 Å². The van der Waals surface area contributed by atoms with Crippen LogP contribution in [0.15, 0.2) is 11.6 Å². The maximum atomic E-state index is 12.4. The third kappa shape index (κ3) is 5.78. The maximum Gasteiger partial charge on any atom is 0.306 e. The molecule has 0 amide bonds. The highest BCUT2D eigenvalue weighted by atomic mass is 16.5. The van der Waals surface area contributed by atoms with Crippen LogP contribution >= 0.6 is 0 Å². The van der Waals surface area contributed by atoms with Gasteiger partial charge in [0.1, 0.15) is 6.10 Å². The Balaban J connectivity index is 1.36. The van der Waals surface area contributed by atoms with E-state index in [0.29, 0.717) is 17.3 Å². The molecule has 36 heavy (non-hydrogen) atoms. The van der Waals surface area contributed by atoms with Crippen LogP contribution in [0.1, 0.15) is 150 Å². The first kappa shape index (κ1) is 28.2. The van der Waals surface area contributed by atoms with Crippen LogP contribution in [0.4, 0.5) is 0 Å². The van der Waals surface area contributed by atoms with Gasteiger partial charge in [0.25, 0.3) is 0 Å². The van der Waals surface area contributed by atoms with E-state index >= 15 is 0 Å². The number of unbranched alkanes of at least 4 members (excludes halogenated alkanes) is 6. The van der Waals surface area contributed by atoms with E-state index in [0.717, 1.165) is 55.3 Å². The number of fused-ring (bicyclic) bond motifs is 5. The molecule has 0 radical (unpaired) electrons. The molecule has 4 rings (SSSR count). The number of ether oxygens (including phenoxy) is 1. The van der Waals surface area contributed by atoms with Crippen molar-refractivity contribution >= 4 is 5.97 Å². The quantitative estimate of drug-likeness (QED) is 0.152. The first-order valence-corrected chi connectivity index (χ1v) is 16.2. The van der Waals surface area contributed by atoms with Crippen molar-refractivity contribution in [3.05, 3.63) is 11.6 Å². The molecule has 0 bridgehead atoms. The SMILES string of the molecule is CCCCCCC(=O)OC1CCC2(C)C(=CCC3C2CCC2(C)C(C(C)CCCCCC)CCC32)C1. The van der Waals surface area contributed by atoms with Gasteiger partial charge in [0, 0.05) is 12.8 Å². The summed E-state index contributed by atoms with van der Waals surface area (Å²) in [4.78, 5) is 12.4. The van der Waals surface area contributed by atoms with Crippen molar-refractivity contribution in [3.8, 4) is 0 Å². The lowest BCUT2D eigenvalue weighted by Crippen LogP contribution is -2.51. The Morgan fingerprint density at radius 1 is 0.944 bits per heavy atom. The van der Waals surface area contributed by atoms with Gasteiger partial charge < -0.3 is 4.74 Å². The lowest BCUT2D eigenvalue weighted by molar-refractivity contribution is -0.151. The van der Waals surface area contributed by atoms with Gasteiger partial charge in [0.2, 0.25) is 0 Å². The molecule has 0 saturated heterocycles. The van der Waals surface area contributed by atoms with Gasteiger partial charge in [-0.2, -0.15) is 0 Å². The second-order valence-corrected chi connectivity index (χ2v) is 14.0. The third-order valence-corrected chi connectivity index (χ3v) is 11.9. The van der Waals surface area contributed by atoms with E-state index in [1.807, 2.05) is 0 Å². The summed E-state index contributed by atoms with van der Waals surface area (Å²) >= 11 is 0. The summed E-state index contributed by atoms with van der Waals surface area (Å²) in [5, 5.41) is 0. The van der Waals surface area contributed by atoms with Crippen molar-refractivity contribution in [3.63, 3.8) is 0 Å². The fourth-order valence-electron chi connectivity index (χ4n) is 9.74. The molecule has 4 aliphatic carbocycles. The lowest BCUT2D eigenvalue weighted by atomic mass is 9.47. The number of allylic oxidation sites excluding steroid dienone is 1. The summed E-state index contributed by atoms with van der Waals surface area (Å²) in [7, 11) is 0. The number of carbonyl (C=O) groups excluding carboxylic acids is 1. The lowest BCUT2D eigenvalue weighted by Gasteiger charge is -2.58. The molecule has 3 fully saturated rings. The van der Waals surface area contributed by atoms with E-state index in [2.05, 4.69) is 40.7 Å². The molecule has 0 heterocycles. The van der Waals surface area contributed by atoms with E-state index in [9.17, 15) is 4.79 Å². The molecule has 0 aromatic heterocycles. The van der Waals surface area contributed by atoms with Crippen molar-refractivity contribution in [1.82, 2.24) is 0 Å². The van der Waals surface area contributed by atoms with Gasteiger partial charge in [-0.15, -0.1) is 0 Å². The summed E-state index contributed by atoms with van der Waals surface area (Å²) in [6.45, 7) is 12.4. The molecule has 0 N–H and O–H groups in total. The zero-order valence-electron chi connectivity index (χ0n) is 24.6. The summed E-state index contributed by atoms with van der Waals surface area (Å²) in [5.41, 5.74) is 2.55. The average molecular weight is 499 g/mol. The Morgan fingerprint density at radius 3 is 2.44 bits per heavy atom. The fourth-order valence-corrected chi connectivity index (χ4v) is 9.74. The average Bonchev–Trinajstić information content (AvgIpc) is 3.22. The van der Waals surface area contributed by atoms with E-state index in [1.165, 1.54) is 83.5 Å². The Bertz CT molecular complexity index is 754. The molecule has 8 unspecified atom stereocenters. The van der Waals surface area contributed by atoms with Crippen LogP contribution < -0.4 is 0 Å². The van der Waals surface area contributed by atoms with E-state index in [1.54, 1.807) is 5.57 Å². The minimum atomic E-state index is 0.0447. The van der Waals surface area contributed by atoms with Crippen LogP contribution in [0.3, 0.4) is 0 Å². The molecular weight excluding hydrogens is 440 g/mol. The number of hydrogen-bond donors (Lipinski definition) is 0. The molecule has 206 valence electrons. The van der Waals surface area contributed by atoms with Gasteiger partial charge in [0.05, 0.1) is 0 Å². The molecule has 3 saturated carbocycles. The van der Waals surface area contributed by atoms with E-state index < -0.39 is 0 Å². The number of rotatable bonds is 12. The number of carbonyl (C=O) groups is 1. The first-order chi connectivity index (χ1) is 17.3. The van der Waals surface area contributed by atoms with Crippen molar-refractivity contribution in [2.75, 3.05) is 0 Å². The Hall–Kier alpha value is -0.790. The summed E-state index contributed by atoms with van der Waals surface area (Å²) in [6.07, 6.45) is 25.4. The van der Waals surface area contributed by atoms with Crippen LogP contribution in [0.25, 0.3) is 0 Å². The number of hydrogen-bond acceptors (Lipinski definition) is 2. The Labute approximate surface area is 223 Å². The summed E-state index contributed by atoms with van der Waals surface area (Å²) < 4.78 is 5.99. The van der Waals surface area contributed by atoms with Gasteiger partial charge in [0.15, 0.2) is 0 Å². The highest BCUT2D eigenvalue weighted by Crippen LogP contribution is 2.67. The fraction of sp³-hybridized carbons (Fsp3) is 0.912. The first-order valence-electron chi connectivity index (χ1n) is 16.2. The van der Waals surface area contributed by atoms with Gasteiger partial charge >= 0.3 is 5.97 Å². The second kappa shape index (κ2) is 12.4. The van der Waals surface area contributed by atoms with E-state index in [-0.39, 0.29) is 12.1 Å². The minimum absolute atomic E-state index is 0.0447. The summed E-state index contributed by atoms with van der Waals surface area (Å²) in [6, 6.07) is 0. The number of esters is 1. The maximum absolute atomic E-state index is 12.4. The molecule has 0 aromatic carbocycles. The van der Waals surface area contributed by atoms with Crippen LogP contribution in [0.2, 0.25) is 0 Å². The monoisotopic (exact) mass is 498 g/mol.